The van der Waals surface area contributed by atoms with Crippen molar-refractivity contribution in [2.45, 2.75) is 32.2 Å². The van der Waals surface area contributed by atoms with Gasteiger partial charge in [-0.15, -0.1) is 0 Å². The molecule has 0 bridgehead atoms. The highest BCUT2D eigenvalue weighted by molar-refractivity contribution is 5.90. The van der Waals surface area contributed by atoms with Crippen molar-refractivity contribution in [3.05, 3.63) is 23.8 Å². The summed E-state index contributed by atoms with van der Waals surface area (Å²) in [6.45, 7) is 2.42. The number of nitrogens with zero attached hydrogens (tertiary/aromatic N) is 3. The molecule has 6 heteroatoms. The van der Waals surface area contributed by atoms with Gasteiger partial charge in [-0.2, -0.15) is 0 Å². The molecule has 0 aliphatic carbocycles. The van der Waals surface area contributed by atoms with Gasteiger partial charge in [-0.1, -0.05) is 0 Å². The average Bonchev–Trinajstić information content (AvgIpc) is 2.72. The number of rotatable bonds is 4. The van der Waals surface area contributed by atoms with E-state index in [-0.39, 0.29) is 17.9 Å². The Kier molecular flexibility index (Phi) is 4.09. The van der Waals surface area contributed by atoms with Gasteiger partial charge in [0.1, 0.15) is 11.9 Å². The molecule has 0 unspecified atom stereocenters. The topological polar surface area (TPSA) is 75.2 Å². The maximum Gasteiger partial charge on any atom is 0.242 e. The molecule has 1 aliphatic rings. The van der Waals surface area contributed by atoms with E-state index in [9.17, 15) is 9.59 Å². The average molecular weight is 262 g/mol. The fraction of sp³-hybridized carbons (Fsp3) is 0.538. The van der Waals surface area contributed by atoms with E-state index in [0.717, 1.165) is 5.56 Å². The van der Waals surface area contributed by atoms with E-state index < -0.39 is 0 Å². The molecule has 19 heavy (non-hydrogen) atoms. The third-order valence-corrected chi connectivity index (χ3v) is 3.28. The number of aromatic nitrogens is 2. The highest BCUT2D eigenvalue weighted by Gasteiger charge is 2.32. The number of aryl methyl sites for hydroxylation is 1. The zero-order valence-electron chi connectivity index (χ0n) is 11.2. The first-order valence-electron chi connectivity index (χ1n) is 6.39. The SMILES string of the molecule is Cc1cnc(CCNC(=O)[C@@H]2CCC(=O)N2C)nc1. The summed E-state index contributed by atoms with van der Waals surface area (Å²) in [5, 5.41) is 2.83. The second-order valence-corrected chi connectivity index (χ2v) is 4.78. The Morgan fingerprint density at radius 2 is 2.16 bits per heavy atom. The first kappa shape index (κ1) is 13.5. The van der Waals surface area contributed by atoms with E-state index in [1.165, 1.54) is 4.90 Å². The van der Waals surface area contributed by atoms with Crippen LogP contribution in [0.25, 0.3) is 0 Å². The number of amides is 2. The number of likely N-dealkylation sites (N-methyl/N-ethyl adjacent to an activating group) is 1. The number of carbonyl (C=O) groups excluding carboxylic acids is 2. The van der Waals surface area contributed by atoms with E-state index in [1.54, 1.807) is 19.4 Å². The van der Waals surface area contributed by atoms with Gasteiger partial charge in [0.05, 0.1) is 0 Å². The summed E-state index contributed by atoms with van der Waals surface area (Å²) < 4.78 is 0. The van der Waals surface area contributed by atoms with Gasteiger partial charge in [0, 0.05) is 38.8 Å². The van der Waals surface area contributed by atoms with Crippen molar-refractivity contribution < 1.29 is 9.59 Å². The monoisotopic (exact) mass is 262 g/mol. The van der Waals surface area contributed by atoms with Crippen molar-refractivity contribution in [2.75, 3.05) is 13.6 Å². The molecule has 0 radical (unpaired) electrons. The molecular formula is C13H18N4O2. The second kappa shape index (κ2) is 5.77. The van der Waals surface area contributed by atoms with Crippen LogP contribution in [0.3, 0.4) is 0 Å². The Bertz CT molecular complexity index is 472. The molecule has 1 aliphatic heterocycles. The molecule has 1 aromatic rings. The summed E-state index contributed by atoms with van der Waals surface area (Å²) in [7, 11) is 1.67. The first-order chi connectivity index (χ1) is 9.08. The van der Waals surface area contributed by atoms with Gasteiger partial charge in [0.15, 0.2) is 0 Å². The Morgan fingerprint density at radius 1 is 1.47 bits per heavy atom. The second-order valence-electron chi connectivity index (χ2n) is 4.78. The molecule has 1 fully saturated rings. The molecule has 2 amide bonds. The zero-order chi connectivity index (χ0) is 13.8. The third kappa shape index (κ3) is 3.27. The summed E-state index contributed by atoms with van der Waals surface area (Å²) in [4.78, 5) is 33.1. The van der Waals surface area contributed by atoms with E-state index in [4.69, 9.17) is 0 Å². The van der Waals surface area contributed by atoms with Crippen LogP contribution in [0.15, 0.2) is 12.4 Å². The summed E-state index contributed by atoms with van der Waals surface area (Å²) >= 11 is 0. The predicted octanol–water partition coefficient (Wildman–Crippen LogP) is 0.0645. The van der Waals surface area contributed by atoms with Gasteiger partial charge < -0.3 is 10.2 Å². The van der Waals surface area contributed by atoms with E-state index in [2.05, 4.69) is 15.3 Å². The molecule has 0 aromatic carbocycles. The smallest absolute Gasteiger partial charge is 0.242 e. The van der Waals surface area contributed by atoms with Crippen LogP contribution in [-0.4, -0.2) is 46.3 Å². The van der Waals surface area contributed by atoms with Gasteiger partial charge in [-0.3, -0.25) is 9.59 Å². The molecule has 2 heterocycles. The maximum atomic E-state index is 11.9. The van der Waals surface area contributed by atoms with Crippen LogP contribution in [0.2, 0.25) is 0 Å². The van der Waals surface area contributed by atoms with Crippen molar-refractivity contribution >= 4 is 11.8 Å². The quantitative estimate of drug-likeness (QED) is 0.833. The lowest BCUT2D eigenvalue weighted by molar-refractivity contribution is -0.133. The highest BCUT2D eigenvalue weighted by atomic mass is 16.2. The van der Waals surface area contributed by atoms with Gasteiger partial charge in [-0.05, 0) is 18.9 Å². The van der Waals surface area contributed by atoms with Crippen molar-refractivity contribution in [1.82, 2.24) is 20.2 Å². The van der Waals surface area contributed by atoms with Crippen molar-refractivity contribution in [1.29, 1.82) is 0 Å². The van der Waals surface area contributed by atoms with Crippen LogP contribution in [0, 0.1) is 6.92 Å². The summed E-state index contributed by atoms with van der Waals surface area (Å²) in [6.07, 6.45) is 5.16. The minimum absolute atomic E-state index is 0.0296. The van der Waals surface area contributed by atoms with Crippen molar-refractivity contribution in [3.8, 4) is 0 Å². The molecule has 1 N–H and O–H groups in total. The largest absolute Gasteiger partial charge is 0.354 e. The Morgan fingerprint density at radius 3 is 2.74 bits per heavy atom. The summed E-state index contributed by atoms with van der Waals surface area (Å²) in [6, 6.07) is -0.327. The Labute approximate surface area is 112 Å². The maximum absolute atomic E-state index is 11.9. The zero-order valence-corrected chi connectivity index (χ0v) is 11.2. The van der Waals surface area contributed by atoms with Crippen LogP contribution in [-0.2, 0) is 16.0 Å². The van der Waals surface area contributed by atoms with Crippen molar-refractivity contribution in [3.63, 3.8) is 0 Å². The van der Waals surface area contributed by atoms with Crippen LogP contribution in [0.4, 0.5) is 0 Å². The summed E-state index contributed by atoms with van der Waals surface area (Å²) in [5.41, 5.74) is 1.01. The van der Waals surface area contributed by atoms with Crippen molar-refractivity contribution in [2.24, 2.45) is 0 Å². The van der Waals surface area contributed by atoms with E-state index >= 15 is 0 Å². The van der Waals surface area contributed by atoms with E-state index in [0.29, 0.717) is 31.6 Å². The lowest BCUT2D eigenvalue weighted by Gasteiger charge is -2.18. The summed E-state index contributed by atoms with van der Waals surface area (Å²) in [5.74, 6) is 0.643. The molecule has 102 valence electrons. The molecule has 1 saturated heterocycles. The molecule has 2 rings (SSSR count). The number of likely N-dealkylation sites (tertiary alicyclic amines) is 1. The third-order valence-electron chi connectivity index (χ3n) is 3.28. The van der Waals surface area contributed by atoms with Gasteiger partial charge in [0.25, 0.3) is 0 Å². The fourth-order valence-electron chi connectivity index (χ4n) is 2.07. The number of hydrogen-bond donors (Lipinski definition) is 1. The lowest BCUT2D eigenvalue weighted by Crippen LogP contribution is -2.43. The molecule has 1 atom stereocenters. The van der Waals surface area contributed by atoms with E-state index in [1.807, 2.05) is 6.92 Å². The van der Waals surface area contributed by atoms with Crippen LogP contribution >= 0.6 is 0 Å². The Hall–Kier alpha value is -1.98. The van der Waals surface area contributed by atoms with Gasteiger partial charge in [-0.25, -0.2) is 9.97 Å². The normalized spacial score (nSPS) is 18.7. The molecule has 1 aromatic heterocycles. The first-order valence-corrected chi connectivity index (χ1v) is 6.39. The van der Waals surface area contributed by atoms with Crippen LogP contribution in [0.1, 0.15) is 24.2 Å². The number of nitrogens with one attached hydrogen (secondary N) is 1. The fourth-order valence-corrected chi connectivity index (χ4v) is 2.07. The predicted molar refractivity (Wildman–Crippen MR) is 69.3 cm³/mol. The minimum atomic E-state index is -0.327. The van der Waals surface area contributed by atoms with Crippen LogP contribution in [0.5, 0.6) is 0 Å². The molecule has 0 spiro atoms. The van der Waals surface area contributed by atoms with Gasteiger partial charge >= 0.3 is 0 Å². The van der Waals surface area contributed by atoms with Crippen LogP contribution < -0.4 is 5.32 Å². The Balaban J connectivity index is 1.78. The molecular weight excluding hydrogens is 244 g/mol. The minimum Gasteiger partial charge on any atom is -0.354 e. The van der Waals surface area contributed by atoms with Gasteiger partial charge in [0.2, 0.25) is 11.8 Å². The number of hydrogen-bond acceptors (Lipinski definition) is 4. The molecule has 6 nitrogen and oxygen atoms in total. The molecule has 0 saturated carbocycles. The standard InChI is InChI=1S/C13H18N4O2/c1-9-7-15-11(16-8-9)5-6-14-13(19)10-3-4-12(18)17(10)2/h7-8,10H,3-6H2,1-2H3,(H,14,19)/t10-/m0/s1. The lowest BCUT2D eigenvalue weighted by atomic mass is 10.2. The highest BCUT2D eigenvalue weighted by Crippen LogP contribution is 2.16. The number of carbonyl (C=O) groups is 2.